The summed E-state index contributed by atoms with van der Waals surface area (Å²) in [5, 5.41) is 22.1. The van der Waals surface area contributed by atoms with Gasteiger partial charge in [0.2, 0.25) is 5.91 Å². The first kappa shape index (κ1) is 23.1. The first-order valence-electron chi connectivity index (χ1n) is 11.9. The number of benzene rings is 2. The third-order valence-electron chi connectivity index (χ3n) is 7.17. The Morgan fingerprint density at radius 3 is 2.31 bits per heavy atom. The molecule has 8 nitrogen and oxygen atoms in total. The van der Waals surface area contributed by atoms with Crippen molar-refractivity contribution in [3.05, 3.63) is 71.8 Å². The molecule has 2 amide bonds. The molecule has 1 aliphatic heterocycles. The number of nitrogens with one attached hydrogen (secondary N) is 1. The number of hydrogen-bond donors (Lipinski definition) is 3. The highest BCUT2D eigenvalue weighted by Crippen LogP contribution is 2.44. The molecule has 2 aromatic rings. The molecule has 4 atom stereocenters. The lowest BCUT2D eigenvalue weighted by atomic mass is 9.89. The molecule has 35 heavy (non-hydrogen) atoms. The summed E-state index contributed by atoms with van der Waals surface area (Å²) < 4.78 is 5.61. The van der Waals surface area contributed by atoms with Crippen molar-refractivity contribution in [2.75, 3.05) is 13.2 Å². The van der Waals surface area contributed by atoms with Gasteiger partial charge < -0.3 is 25.2 Å². The van der Waals surface area contributed by atoms with E-state index in [1.807, 2.05) is 36.4 Å². The van der Waals surface area contributed by atoms with Crippen LogP contribution in [0.5, 0.6) is 0 Å². The van der Waals surface area contributed by atoms with Crippen molar-refractivity contribution < 1.29 is 29.3 Å². The van der Waals surface area contributed by atoms with Crippen molar-refractivity contribution in [1.29, 1.82) is 0 Å². The molecule has 182 valence electrons. The highest BCUT2D eigenvalue weighted by atomic mass is 16.5. The fraction of sp³-hybridized carbons (Fsp3) is 0.370. The van der Waals surface area contributed by atoms with Crippen LogP contribution in [0.3, 0.4) is 0 Å². The minimum Gasteiger partial charge on any atom is -0.480 e. The molecule has 0 bridgehead atoms. The van der Waals surface area contributed by atoms with Crippen LogP contribution in [0.25, 0.3) is 11.1 Å². The number of allylic oxidation sites excluding steroid dienone is 1. The Balaban J connectivity index is 1.19. The van der Waals surface area contributed by atoms with Crippen molar-refractivity contribution in [3.8, 4) is 11.1 Å². The number of amides is 2. The first-order valence-corrected chi connectivity index (χ1v) is 11.9. The van der Waals surface area contributed by atoms with Crippen molar-refractivity contribution in [2.45, 2.75) is 43.4 Å². The summed E-state index contributed by atoms with van der Waals surface area (Å²) in [5.41, 5.74) is 4.57. The maximum absolute atomic E-state index is 13.0. The Bertz CT molecular complexity index is 1130. The SMILES string of the molecule is O=C(NC1C=CCC(C(=O)N2C[C@H](O)C[C@H]2C(=O)O)C1)OCC1c2ccccc2-c2ccccc21. The molecule has 1 fully saturated rings. The molecule has 3 N–H and O–H groups in total. The molecule has 1 heterocycles. The van der Waals surface area contributed by atoms with Gasteiger partial charge in [0.05, 0.1) is 12.1 Å². The number of aliphatic hydroxyl groups is 1. The molecule has 2 unspecified atom stereocenters. The van der Waals surface area contributed by atoms with Crippen LogP contribution in [0.2, 0.25) is 0 Å². The third-order valence-corrected chi connectivity index (χ3v) is 7.17. The van der Waals surface area contributed by atoms with Crippen molar-refractivity contribution in [1.82, 2.24) is 10.2 Å². The summed E-state index contributed by atoms with van der Waals surface area (Å²) >= 11 is 0. The van der Waals surface area contributed by atoms with Crippen molar-refractivity contribution >= 4 is 18.0 Å². The Morgan fingerprint density at radius 1 is 1.00 bits per heavy atom. The first-order chi connectivity index (χ1) is 16.9. The summed E-state index contributed by atoms with van der Waals surface area (Å²) in [7, 11) is 0. The molecule has 0 saturated carbocycles. The van der Waals surface area contributed by atoms with E-state index in [0.29, 0.717) is 12.8 Å². The number of carboxylic acids is 1. The van der Waals surface area contributed by atoms with Crippen LogP contribution >= 0.6 is 0 Å². The van der Waals surface area contributed by atoms with Crippen LogP contribution in [0.15, 0.2) is 60.7 Å². The van der Waals surface area contributed by atoms with Gasteiger partial charge in [-0.05, 0) is 35.1 Å². The van der Waals surface area contributed by atoms with Gasteiger partial charge in [-0.1, -0.05) is 60.7 Å². The summed E-state index contributed by atoms with van der Waals surface area (Å²) in [6.07, 6.45) is 3.09. The maximum atomic E-state index is 13.0. The Morgan fingerprint density at radius 2 is 1.66 bits per heavy atom. The number of β-amino-alcohol motifs (C(OH)–C–C–N with tert-alkyl or cyclic N) is 1. The van der Waals surface area contributed by atoms with Crippen molar-refractivity contribution in [3.63, 3.8) is 0 Å². The molecule has 2 aliphatic carbocycles. The standard InChI is InChI=1S/C27H28N2O6/c30-18-13-24(26(32)33)29(14-18)25(31)16-6-5-7-17(12-16)28-27(34)35-15-23-21-10-3-1-8-19(21)20-9-2-4-11-22(20)23/h1-5,7-11,16-18,23-24,30H,6,12-15H2,(H,28,34)(H,32,33)/t16?,17?,18-,24+/m1/s1. The lowest BCUT2D eigenvalue weighted by molar-refractivity contribution is -0.150. The van der Waals surface area contributed by atoms with Gasteiger partial charge in [0.1, 0.15) is 12.6 Å². The molecule has 0 radical (unpaired) electrons. The number of carbonyl (C=O) groups excluding carboxylic acids is 2. The van der Waals surface area contributed by atoms with E-state index in [4.69, 9.17) is 4.74 Å². The fourth-order valence-electron chi connectivity index (χ4n) is 5.51. The molecular weight excluding hydrogens is 448 g/mol. The van der Waals surface area contributed by atoms with E-state index in [2.05, 4.69) is 29.6 Å². The predicted octanol–water partition coefficient (Wildman–Crippen LogP) is 2.91. The predicted molar refractivity (Wildman–Crippen MR) is 128 cm³/mol. The largest absolute Gasteiger partial charge is 0.480 e. The zero-order chi connectivity index (χ0) is 24.5. The number of aliphatic carboxylic acids is 1. The Kier molecular flexibility index (Phi) is 6.30. The highest BCUT2D eigenvalue weighted by molar-refractivity contribution is 5.86. The Hall–Kier alpha value is -3.65. The maximum Gasteiger partial charge on any atom is 0.407 e. The van der Waals surface area contributed by atoms with Gasteiger partial charge in [-0.25, -0.2) is 9.59 Å². The summed E-state index contributed by atoms with van der Waals surface area (Å²) in [5.74, 6) is -1.93. The summed E-state index contributed by atoms with van der Waals surface area (Å²) in [6.45, 7) is 0.213. The van der Waals surface area contributed by atoms with Crippen molar-refractivity contribution in [2.24, 2.45) is 5.92 Å². The van der Waals surface area contributed by atoms with Gasteiger partial charge in [0.15, 0.2) is 0 Å². The number of fused-ring (bicyclic) bond motifs is 3. The summed E-state index contributed by atoms with van der Waals surface area (Å²) in [6, 6.07) is 14.8. The number of carbonyl (C=O) groups is 3. The lowest BCUT2D eigenvalue weighted by Gasteiger charge is -2.30. The van der Waals surface area contributed by atoms with Gasteiger partial charge in [-0.15, -0.1) is 0 Å². The van der Waals surface area contributed by atoms with Crippen LogP contribution in [0.1, 0.15) is 36.3 Å². The summed E-state index contributed by atoms with van der Waals surface area (Å²) in [4.78, 5) is 38.4. The average Bonchev–Trinajstić information content (AvgIpc) is 3.41. The van der Waals surface area contributed by atoms with Gasteiger partial charge in [0.25, 0.3) is 0 Å². The topological polar surface area (TPSA) is 116 Å². The second kappa shape index (κ2) is 9.54. The number of carboxylic acid groups (broad SMARTS) is 1. The molecule has 0 aromatic heterocycles. The van der Waals surface area contributed by atoms with Crippen LogP contribution in [0, 0.1) is 5.92 Å². The van der Waals surface area contributed by atoms with Gasteiger partial charge in [0, 0.05) is 24.8 Å². The number of hydrogen-bond acceptors (Lipinski definition) is 5. The lowest BCUT2D eigenvalue weighted by Crippen LogP contribution is -2.46. The second-order valence-electron chi connectivity index (χ2n) is 9.41. The van der Waals surface area contributed by atoms with Gasteiger partial charge >= 0.3 is 12.1 Å². The smallest absolute Gasteiger partial charge is 0.407 e. The third kappa shape index (κ3) is 4.53. The zero-order valence-corrected chi connectivity index (χ0v) is 19.2. The quantitative estimate of drug-likeness (QED) is 0.572. The van der Waals surface area contributed by atoms with Crippen LogP contribution in [-0.2, 0) is 14.3 Å². The van der Waals surface area contributed by atoms with Gasteiger partial charge in [-0.2, -0.15) is 0 Å². The van der Waals surface area contributed by atoms with E-state index in [1.54, 1.807) is 0 Å². The van der Waals surface area contributed by atoms with E-state index in [-0.39, 0.29) is 31.4 Å². The number of alkyl carbamates (subject to hydrolysis) is 1. The molecule has 1 saturated heterocycles. The molecule has 5 rings (SSSR count). The fourth-order valence-corrected chi connectivity index (χ4v) is 5.51. The van der Waals surface area contributed by atoms with Crippen LogP contribution in [0.4, 0.5) is 4.79 Å². The highest BCUT2D eigenvalue weighted by Gasteiger charge is 2.41. The number of ether oxygens (including phenoxy) is 1. The molecule has 3 aliphatic rings. The number of likely N-dealkylation sites (tertiary alicyclic amines) is 1. The number of rotatable bonds is 5. The molecular formula is C27H28N2O6. The zero-order valence-electron chi connectivity index (χ0n) is 19.2. The van der Waals surface area contributed by atoms with Gasteiger partial charge in [-0.3, -0.25) is 4.79 Å². The monoisotopic (exact) mass is 476 g/mol. The minimum absolute atomic E-state index is 0.0144. The van der Waals surface area contributed by atoms with E-state index < -0.39 is 36.2 Å². The van der Waals surface area contributed by atoms with E-state index in [1.165, 1.54) is 4.90 Å². The molecule has 8 heteroatoms. The number of aliphatic hydroxyl groups excluding tert-OH is 1. The van der Waals surface area contributed by atoms with E-state index in [0.717, 1.165) is 22.3 Å². The minimum atomic E-state index is -1.12. The van der Waals surface area contributed by atoms with Crippen LogP contribution < -0.4 is 5.32 Å². The average molecular weight is 477 g/mol. The van der Waals surface area contributed by atoms with E-state index >= 15 is 0 Å². The second-order valence-corrected chi connectivity index (χ2v) is 9.41. The van der Waals surface area contributed by atoms with E-state index in [9.17, 15) is 24.6 Å². The van der Waals surface area contributed by atoms with Crippen LogP contribution in [-0.4, -0.2) is 64.4 Å². The molecule has 0 spiro atoms. The number of nitrogens with zero attached hydrogens (tertiary/aromatic N) is 1. The molecule has 2 aromatic carbocycles. The normalized spacial score (nSPS) is 25.1. The Labute approximate surface area is 203 Å².